The van der Waals surface area contributed by atoms with Crippen LogP contribution in [0.3, 0.4) is 0 Å². The van der Waals surface area contributed by atoms with Crippen LogP contribution in [-0.4, -0.2) is 0 Å². The predicted octanol–water partition coefficient (Wildman–Crippen LogP) is 4.74. The lowest BCUT2D eigenvalue weighted by molar-refractivity contribution is 0.463. The third-order valence-electron chi connectivity index (χ3n) is 3.37. The topological polar surface area (TPSA) is 0 Å². The smallest absolute Gasteiger partial charge is 0.0386 e. The van der Waals surface area contributed by atoms with E-state index in [0.29, 0.717) is 0 Å². The van der Waals surface area contributed by atoms with Gasteiger partial charge in [0.1, 0.15) is 0 Å². The molecule has 1 aliphatic carbocycles. The lowest BCUT2D eigenvalue weighted by Crippen LogP contribution is -1.99. The Balaban J connectivity index is 2.18. The summed E-state index contributed by atoms with van der Waals surface area (Å²) >= 11 is 0. The van der Waals surface area contributed by atoms with Gasteiger partial charge in [-0.05, 0) is 12.3 Å². The molecule has 0 N–H and O–H groups in total. The molecule has 0 aromatic heterocycles. The summed E-state index contributed by atoms with van der Waals surface area (Å²) in [6.45, 7) is 2.24. The van der Waals surface area contributed by atoms with Gasteiger partial charge in [-0.15, -0.1) is 0 Å². The van der Waals surface area contributed by atoms with Gasteiger partial charge in [-0.3, -0.25) is 0 Å². The largest absolute Gasteiger partial charge is 0.0620 e. The van der Waals surface area contributed by atoms with Gasteiger partial charge in [-0.1, -0.05) is 71.1 Å². The van der Waals surface area contributed by atoms with Crippen molar-refractivity contribution in [3.8, 4) is 0 Å². The Morgan fingerprint density at radius 2 is 1.08 bits per heavy atom. The standard InChI is InChI=1S/C13H25/c1-2-13-11-9-7-5-3-4-6-8-10-12-13/h2,13H,3-12H2,1H3. The van der Waals surface area contributed by atoms with Crippen molar-refractivity contribution in [1.82, 2.24) is 0 Å². The Bertz CT molecular complexity index is 94.6. The summed E-state index contributed by atoms with van der Waals surface area (Å²) in [5, 5.41) is 0. The minimum Gasteiger partial charge on any atom is -0.0620 e. The lowest BCUT2D eigenvalue weighted by atomic mass is 9.93. The highest BCUT2D eigenvalue weighted by atomic mass is 14.1. The number of rotatable bonds is 1. The first-order valence-corrected chi connectivity index (χ1v) is 6.23. The van der Waals surface area contributed by atoms with E-state index in [1.54, 1.807) is 0 Å². The first kappa shape index (κ1) is 11.1. The first-order chi connectivity index (χ1) is 6.43. The van der Waals surface area contributed by atoms with Gasteiger partial charge in [-0.25, -0.2) is 0 Å². The van der Waals surface area contributed by atoms with Crippen LogP contribution in [0, 0.1) is 12.3 Å². The third kappa shape index (κ3) is 5.33. The van der Waals surface area contributed by atoms with E-state index < -0.39 is 0 Å². The molecular formula is C13H25. The van der Waals surface area contributed by atoms with Gasteiger partial charge >= 0.3 is 0 Å². The Morgan fingerprint density at radius 1 is 0.692 bits per heavy atom. The van der Waals surface area contributed by atoms with E-state index >= 15 is 0 Å². The van der Waals surface area contributed by atoms with Gasteiger partial charge in [0.2, 0.25) is 0 Å². The molecule has 1 fully saturated rings. The summed E-state index contributed by atoms with van der Waals surface area (Å²) in [5.41, 5.74) is 0. The Hall–Kier alpha value is 0. The molecule has 1 rings (SSSR count). The second-order valence-corrected chi connectivity index (χ2v) is 4.50. The zero-order valence-electron chi connectivity index (χ0n) is 9.23. The van der Waals surface area contributed by atoms with Gasteiger partial charge in [-0.2, -0.15) is 0 Å². The fraction of sp³-hybridized carbons (Fsp3) is 0.923. The zero-order chi connectivity index (χ0) is 9.36. The fourth-order valence-electron chi connectivity index (χ4n) is 2.35. The van der Waals surface area contributed by atoms with E-state index in [-0.39, 0.29) is 0 Å². The second-order valence-electron chi connectivity index (χ2n) is 4.50. The minimum absolute atomic E-state index is 0.929. The van der Waals surface area contributed by atoms with Crippen LogP contribution in [0.5, 0.6) is 0 Å². The Labute approximate surface area is 84.1 Å². The summed E-state index contributed by atoms with van der Waals surface area (Å²) < 4.78 is 0. The third-order valence-corrected chi connectivity index (χ3v) is 3.37. The summed E-state index contributed by atoms with van der Waals surface area (Å²) in [5.74, 6) is 0.929. The van der Waals surface area contributed by atoms with Gasteiger partial charge in [0.05, 0.1) is 0 Å². The fourth-order valence-corrected chi connectivity index (χ4v) is 2.35. The SMILES string of the molecule is C[CH]C1CCCCCCCCCC1. The molecule has 0 aliphatic heterocycles. The van der Waals surface area contributed by atoms with Gasteiger partial charge in [0.25, 0.3) is 0 Å². The predicted molar refractivity (Wildman–Crippen MR) is 59.6 cm³/mol. The van der Waals surface area contributed by atoms with Crippen molar-refractivity contribution < 1.29 is 0 Å². The first-order valence-electron chi connectivity index (χ1n) is 6.23. The summed E-state index contributed by atoms with van der Waals surface area (Å²) in [7, 11) is 0. The maximum absolute atomic E-state index is 2.43. The van der Waals surface area contributed by atoms with E-state index in [1.165, 1.54) is 64.2 Å². The van der Waals surface area contributed by atoms with Gasteiger partial charge in [0.15, 0.2) is 0 Å². The maximum Gasteiger partial charge on any atom is -0.0386 e. The number of hydrogen-bond donors (Lipinski definition) is 0. The van der Waals surface area contributed by atoms with E-state index in [0.717, 1.165) is 5.92 Å². The average Bonchev–Trinajstić information content (AvgIpc) is 2.22. The highest BCUT2D eigenvalue weighted by molar-refractivity contribution is 4.72. The zero-order valence-corrected chi connectivity index (χ0v) is 9.23. The van der Waals surface area contributed by atoms with Crippen molar-refractivity contribution >= 4 is 0 Å². The van der Waals surface area contributed by atoms with E-state index in [2.05, 4.69) is 13.3 Å². The summed E-state index contributed by atoms with van der Waals surface area (Å²) in [6, 6.07) is 0. The molecule has 0 amide bonds. The normalized spacial score (nSPS) is 23.8. The highest BCUT2D eigenvalue weighted by Gasteiger charge is 2.06. The summed E-state index contributed by atoms with van der Waals surface area (Å²) in [6.07, 6.45) is 17.2. The van der Waals surface area contributed by atoms with Crippen LogP contribution in [0.15, 0.2) is 0 Å². The highest BCUT2D eigenvalue weighted by Crippen LogP contribution is 2.22. The lowest BCUT2D eigenvalue weighted by Gasteiger charge is -2.13. The molecule has 13 heavy (non-hydrogen) atoms. The van der Waals surface area contributed by atoms with Crippen molar-refractivity contribution in [2.45, 2.75) is 71.1 Å². The molecule has 0 saturated heterocycles. The molecule has 0 unspecified atom stereocenters. The second kappa shape index (κ2) is 7.41. The maximum atomic E-state index is 2.43. The molecule has 0 spiro atoms. The van der Waals surface area contributed by atoms with Crippen LogP contribution in [0.4, 0.5) is 0 Å². The average molecular weight is 181 g/mol. The van der Waals surface area contributed by atoms with Crippen LogP contribution >= 0.6 is 0 Å². The molecule has 1 saturated carbocycles. The molecule has 77 valence electrons. The molecule has 1 radical (unpaired) electrons. The van der Waals surface area contributed by atoms with Crippen molar-refractivity contribution in [2.75, 3.05) is 0 Å². The van der Waals surface area contributed by atoms with Crippen LogP contribution in [0.2, 0.25) is 0 Å². The Morgan fingerprint density at radius 3 is 1.46 bits per heavy atom. The van der Waals surface area contributed by atoms with E-state index in [4.69, 9.17) is 0 Å². The van der Waals surface area contributed by atoms with Crippen LogP contribution < -0.4 is 0 Å². The molecule has 0 heterocycles. The molecule has 1 aliphatic rings. The van der Waals surface area contributed by atoms with Gasteiger partial charge in [0, 0.05) is 0 Å². The Kier molecular flexibility index (Phi) is 6.31. The molecule has 0 atom stereocenters. The van der Waals surface area contributed by atoms with Crippen molar-refractivity contribution in [2.24, 2.45) is 5.92 Å². The molecule has 0 heteroatoms. The van der Waals surface area contributed by atoms with Crippen LogP contribution in [-0.2, 0) is 0 Å². The van der Waals surface area contributed by atoms with Crippen molar-refractivity contribution in [3.63, 3.8) is 0 Å². The molecule has 0 bridgehead atoms. The van der Waals surface area contributed by atoms with E-state index in [1.807, 2.05) is 0 Å². The van der Waals surface area contributed by atoms with Crippen LogP contribution in [0.25, 0.3) is 0 Å². The van der Waals surface area contributed by atoms with Crippen LogP contribution in [0.1, 0.15) is 71.1 Å². The van der Waals surface area contributed by atoms with Gasteiger partial charge < -0.3 is 0 Å². The molecular weight excluding hydrogens is 156 g/mol. The number of hydrogen-bond acceptors (Lipinski definition) is 0. The minimum atomic E-state index is 0.929. The van der Waals surface area contributed by atoms with Crippen molar-refractivity contribution in [1.29, 1.82) is 0 Å². The molecule has 0 aromatic rings. The van der Waals surface area contributed by atoms with E-state index in [9.17, 15) is 0 Å². The van der Waals surface area contributed by atoms with Crippen molar-refractivity contribution in [3.05, 3.63) is 6.42 Å². The molecule has 0 nitrogen and oxygen atoms in total. The molecule has 0 aromatic carbocycles. The quantitative estimate of drug-likeness (QED) is 0.548. The summed E-state index contributed by atoms with van der Waals surface area (Å²) in [4.78, 5) is 0. The monoisotopic (exact) mass is 181 g/mol.